The third kappa shape index (κ3) is 2.57. The summed E-state index contributed by atoms with van der Waals surface area (Å²) < 4.78 is 6.79. The topological polar surface area (TPSA) is 38.3 Å². The van der Waals surface area contributed by atoms with E-state index >= 15 is 0 Å². The van der Waals surface area contributed by atoms with Gasteiger partial charge in [0.05, 0.1) is 5.41 Å². The Morgan fingerprint density at radius 2 is 1.62 bits per heavy atom. The molecule has 1 atom stereocenters. The Bertz CT molecular complexity index is 1420. The van der Waals surface area contributed by atoms with E-state index in [1.807, 2.05) is 60.7 Å². The lowest BCUT2D eigenvalue weighted by Crippen LogP contribution is -2.53. The highest BCUT2D eigenvalue weighted by Gasteiger charge is 2.54. The van der Waals surface area contributed by atoms with Crippen LogP contribution in [-0.2, 0) is 5.41 Å². The van der Waals surface area contributed by atoms with Crippen molar-refractivity contribution < 1.29 is 9.53 Å². The zero-order valence-electron chi connectivity index (χ0n) is 18.1. The molecule has 0 radical (unpaired) electrons. The standard InChI is InChI=1S/C29H23NO2/c1-28(2)24-18-22(26(31)20-9-4-3-5-10-20)14-15-25(24)30-29(28)17-16-21-13-12-19-8-6-7-11-23(19)27(21)32-29/h3-18,30H,1-2H3. The third-order valence-corrected chi connectivity index (χ3v) is 6.91. The van der Waals surface area contributed by atoms with E-state index in [0.29, 0.717) is 11.1 Å². The minimum Gasteiger partial charge on any atom is -0.462 e. The number of carbonyl (C=O) groups is 1. The molecule has 156 valence electrons. The maximum atomic E-state index is 13.1. The predicted octanol–water partition coefficient (Wildman–Crippen LogP) is 6.58. The summed E-state index contributed by atoms with van der Waals surface area (Å²) in [4.78, 5) is 13.1. The van der Waals surface area contributed by atoms with Gasteiger partial charge in [0.2, 0.25) is 5.72 Å². The van der Waals surface area contributed by atoms with Gasteiger partial charge in [-0.2, -0.15) is 0 Å². The van der Waals surface area contributed by atoms with Gasteiger partial charge < -0.3 is 10.1 Å². The number of fused-ring (bicyclic) bond motifs is 4. The molecule has 6 rings (SSSR count). The van der Waals surface area contributed by atoms with Crippen molar-refractivity contribution in [3.8, 4) is 5.75 Å². The van der Waals surface area contributed by atoms with Gasteiger partial charge in [-0.05, 0) is 55.1 Å². The van der Waals surface area contributed by atoms with Crippen molar-refractivity contribution in [2.45, 2.75) is 25.0 Å². The SMILES string of the molecule is CC1(C)c2cc(C(=O)c3ccccc3)ccc2NC12C=Cc1ccc3ccccc3c1O2. The second kappa shape index (κ2) is 6.57. The molecule has 0 saturated heterocycles. The molecule has 1 unspecified atom stereocenters. The van der Waals surface area contributed by atoms with Crippen LogP contribution in [0.25, 0.3) is 16.8 Å². The first-order chi connectivity index (χ1) is 15.5. The van der Waals surface area contributed by atoms with Crippen molar-refractivity contribution >= 4 is 28.3 Å². The summed E-state index contributed by atoms with van der Waals surface area (Å²) in [5, 5.41) is 5.88. The van der Waals surface area contributed by atoms with Crippen LogP contribution in [0.5, 0.6) is 5.75 Å². The normalized spacial score (nSPS) is 19.8. The van der Waals surface area contributed by atoms with Crippen molar-refractivity contribution in [2.75, 3.05) is 5.32 Å². The Balaban J connectivity index is 1.43. The van der Waals surface area contributed by atoms with Crippen LogP contribution in [0, 0.1) is 0 Å². The molecule has 32 heavy (non-hydrogen) atoms. The second-order valence-electron chi connectivity index (χ2n) is 9.08. The van der Waals surface area contributed by atoms with Gasteiger partial charge in [0, 0.05) is 27.8 Å². The van der Waals surface area contributed by atoms with Crippen LogP contribution in [0.1, 0.15) is 40.9 Å². The van der Waals surface area contributed by atoms with Gasteiger partial charge in [-0.3, -0.25) is 4.79 Å². The molecule has 0 saturated carbocycles. The molecule has 2 heterocycles. The van der Waals surface area contributed by atoms with Crippen LogP contribution in [0.4, 0.5) is 5.69 Å². The van der Waals surface area contributed by atoms with Gasteiger partial charge in [0.15, 0.2) is 5.78 Å². The molecule has 4 aromatic carbocycles. The summed E-state index contributed by atoms with van der Waals surface area (Å²) >= 11 is 0. The smallest absolute Gasteiger partial charge is 0.209 e. The van der Waals surface area contributed by atoms with Crippen LogP contribution in [0.2, 0.25) is 0 Å². The van der Waals surface area contributed by atoms with Gasteiger partial charge in [0.25, 0.3) is 0 Å². The highest BCUT2D eigenvalue weighted by Crippen LogP contribution is 2.52. The molecule has 2 aliphatic heterocycles. The highest BCUT2D eigenvalue weighted by molar-refractivity contribution is 6.09. The molecule has 1 N–H and O–H groups in total. The maximum Gasteiger partial charge on any atom is 0.209 e. The molecule has 2 aliphatic rings. The molecule has 1 spiro atoms. The average molecular weight is 418 g/mol. The summed E-state index contributed by atoms with van der Waals surface area (Å²) in [6.07, 6.45) is 4.25. The lowest BCUT2D eigenvalue weighted by Gasteiger charge is -2.42. The van der Waals surface area contributed by atoms with Crippen LogP contribution in [0.3, 0.4) is 0 Å². The molecule has 0 fully saturated rings. The van der Waals surface area contributed by atoms with Gasteiger partial charge >= 0.3 is 0 Å². The van der Waals surface area contributed by atoms with Crippen molar-refractivity contribution in [1.82, 2.24) is 0 Å². The highest BCUT2D eigenvalue weighted by atomic mass is 16.5. The molecule has 3 heteroatoms. The van der Waals surface area contributed by atoms with Gasteiger partial charge in [-0.15, -0.1) is 0 Å². The summed E-state index contributed by atoms with van der Waals surface area (Å²) in [6.45, 7) is 4.34. The summed E-state index contributed by atoms with van der Waals surface area (Å²) in [6, 6.07) is 27.9. The van der Waals surface area contributed by atoms with E-state index in [-0.39, 0.29) is 5.78 Å². The monoisotopic (exact) mass is 417 g/mol. The van der Waals surface area contributed by atoms with E-state index in [4.69, 9.17) is 4.74 Å². The molecule has 0 aromatic heterocycles. The van der Waals surface area contributed by atoms with Crippen molar-refractivity contribution in [3.05, 3.63) is 113 Å². The summed E-state index contributed by atoms with van der Waals surface area (Å²) in [7, 11) is 0. The Morgan fingerprint density at radius 1 is 0.844 bits per heavy atom. The predicted molar refractivity (Wildman–Crippen MR) is 129 cm³/mol. The number of ketones is 1. The minimum atomic E-state index is -0.735. The van der Waals surface area contributed by atoms with E-state index in [9.17, 15) is 4.79 Å². The average Bonchev–Trinajstić information content (AvgIpc) is 3.04. The van der Waals surface area contributed by atoms with Gasteiger partial charge in [-0.25, -0.2) is 0 Å². The third-order valence-electron chi connectivity index (χ3n) is 6.91. The fourth-order valence-electron chi connectivity index (χ4n) is 4.93. The second-order valence-corrected chi connectivity index (χ2v) is 9.08. The lowest BCUT2D eigenvalue weighted by molar-refractivity contribution is 0.0840. The quantitative estimate of drug-likeness (QED) is 0.375. The number of carbonyl (C=O) groups excluding carboxylic acids is 1. The molecule has 0 bridgehead atoms. The number of ether oxygens (including phenoxy) is 1. The van der Waals surface area contributed by atoms with Crippen molar-refractivity contribution in [2.24, 2.45) is 0 Å². The molecule has 0 amide bonds. The number of anilines is 1. The van der Waals surface area contributed by atoms with E-state index in [0.717, 1.165) is 33.3 Å². The zero-order chi connectivity index (χ0) is 21.9. The Hall–Kier alpha value is -3.85. The first kappa shape index (κ1) is 18.9. The fraction of sp³-hybridized carbons (Fsp3) is 0.138. The Kier molecular flexibility index (Phi) is 3.88. The summed E-state index contributed by atoms with van der Waals surface area (Å²) in [5.74, 6) is 0.918. The molecular weight excluding hydrogens is 394 g/mol. The maximum absolute atomic E-state index is 13.1. The van der Waals surface area contributed by atoms with Crippen LogP contribution < -0.4 is 10.1 Å². The number of nitrogens with one attached hydrogen (secondary N) is 1. The van der Waals surface area contributed by atoms with Crippen LogP contribution in [-0.4, -0.2) is 11.5 Å². The molecular formula is C29H23NO2. The van der Waals surface area contributed by atoms with E-state index in [2.05, 4.69) is 55.6 Å². The zero-order valence-corrected chi connectivity index (χ0v) is 18.1. The fourth-order valence-corrected chi connectivity index (χ4v) is 4.93. The van der Waals surface area contributed by atoms with Gasteiger partial charge in [-0.1, -0.05) is 66.7 Å². The largest absolute Gasteiger partial charge is 0.462 e. The minimum absolute atomic E-state index is 0.0293. The molecule has 0 aliphatic carbocycles. The Morgan fingerprint density at radius 3 is 2.47 bits per heavy atom. The number of hydrogen-bond acceptors (Lipinski definition) is 3. The van der Waals surface area contributed by atoms with Crippen LogP contribution >= 0.6 is 0 Å². The van der Waals surface area contributed by atoms with Gasteiger partial charge in [0.1, 0.15) is 5.75 Å². The number of hydrogen-bond donors (Lipinski definition) is 1. The first-order valence-electron chi connectivity index (χ1n) is 10.9. The van der Waals surface area contributed by atoms with Crippen LogP contribution in [0.15, 0.2) is 91.0 Å². The number of rotatable bonds is 2. The summed E-state index contributed by atoms with van der Waals surface area (Å²) in [5.41, 5.74) is 3.39. The van der Waals surface area contributed by atoms with Crippen molar-refractivity contribution in [1.29, 1.82) is 0 Å². The molecule has 3 nitrogen and oxygen atoms in total. The van der Waals surface area contributed by atoms with Crippen molar-refractivity contribution in [3.63, 3.8) is 0 Å². The Labute approximate surface area is 187 Å². The number of benzene rings is 4. The lowest BCUT2D eigenvalue weighted by atomic mass is 9.76. The van der Waals surface area contributed by atoms with E-state index in [1.165, 1.54) is 0 Å². The van der Waals surface area contributed by atoms with E-state index in [1.54, 1.807) is 0 Å². The molecule has 4 aromatic rings. The van der Waals surface area contributed by atoms with E-state index < -0.39 is 11.1 Å². The first-order valence-corrected chi connectivity index (χ1v) is 10.9.